The smallest absolute Gasteiger partial charge is 0.227 e. The molecule has 1 heterocycles. The summed E-state index contributed by atoms with van der Waals surface area (Å²) in [6.45, 7) is 9.26. The van der Waals surface area contributed by atoms with Crippen LogP contribution in [0, 0.1) is 5.92 Å². The minimum Gasteiger partial charge on any atom is -0.366 e. The largest absolute Gasteiger partial charge is 0.366 e. The highest BCUT2D eigenvalue weighted by Crippen LogP contribution is 2.19. The normalized spacial score (nSPS) is 18.7. The zero-order chi connectivity index (χ0) is 19.2. The van der Waals surface area contributed by atoms with Crippen molar-refractivity contribution in [3.63, 3.8) is 0 Å². The molecule has 26 heavy (non-hydrogen) atoms. The van der Waals surface area contributed by atoms with Crippen LogP contribution in [0.1, 0.15) is 57.1 Å². The van der Waals surface area contributed by atoms with E-state index in [2.05, 4.69) is 48.3 Å². The van der Waals surface area contributed by atoms with Crippen LogP contribution in [0.25, 0.3) is 0 Å². The van der Waals surface area contributed by atoms with Crippen LogP contribution in [0.15, 0.2) is 24.3 Å². The first-order valence-electron chi connectivity index (χ1n) is 9.80. The highest BCUT2D eigenvalue weighted by Gasteiger charge is 2.28. The molecule has 1 aliphatic rings. The molecule has 0 bridgehead atoms. The molecule has 5 heteroatoms. The fraction of sp³-hybridized carbons (Fsp3) is 0.667. The van der Waals surface area contributed by atoms with Crippen molar-refractivity contribution in [2.45, 2.75) is 58.2 Å². The van der Waals surface area contributed by atoms with E-state index in [0.717, 1.165) is 24.9 Å². The summed E-state index contributed by atoms with van der Waals surface area (Å²) in [5.74, 6) is -0.953. The van der Waals surface area contributed by atoms with Crippen molar-refractivity contribution in [1.82, 2.24) is 10.2 Å². The Labute approximate surface area is 157 Å². The predicted octanol–water partition coefficient (Wildman–Crippen LogP) is 2.27. The summed E-state index contributed by atoms with van der Waals surface area (Å²) in [5.41, 5.74) is 2.36. The van der Waals surface area contributed by atoms with Gasteiger partial charge in [-0.1, -0.05) is 38.1 Å². The molecule has 2 rings (SSSR count). The number of carbonyl (C=O) groups excluding carboxylic acids is 1. The maximum absolute atomic E-state index is 12.4. The molecule has 5 nitrogen and oxygen atoms in total. The van der Waals surface area contributed by atoms with Crippen LogP contribution in [0.3, 0.4) is 0 Å². The van der Waals surface area contributed by atoms with Gasteiger partial charge in [0.25, 0.3) is 0 Å². The SMILES string of the molecule is CC(C)Cc1ccc([C@@H](C)C(=O)NCCCN2CCC(O)(O)CC2)cc1. The van der Waals surface area contributed by atoms with Crippen LogP contribution in [0.4, 0.5) is 0 Å². The fourth-order valence-corrected chi connectivity index (χ4v) is 3.37. The molecule has 0 radical (unpaired) electrons. The van der Waals surface area contributed by atoms with Gasteiger partial charge in [-0.05, 0) is 43.4 Å². The quantitative estimate of drug-likeness (QED) is 0.490. The molecule has 1 amide bonds. The molecule has 1 aromatic carbocycles. The number of piperidine rings is 1. The van der Waals surface area contributed by atoms with Gasteiger partial charge in [0.15, 0.2) is 5.79 Å². The molecule has 1 saturated heterocycles. The summed E-state index contributed by atoms with van der Waals surface area (Å²) in [5, 5.41) is 22.1. The molecule has 0 spiro atoms. The van der Waals surface area contributed by atoms with Crippen molar-refractivity contribution in [2.24, 2.45) is 5.92 Å². The van der Waals surface area contributed by atoms with Crippen LogP contribution < -0.4 is 5.32 Å². The highest BCUT2D eigenvalue weighted by molar-refractivity contribution is 5.83. The first-order valence-corrected chi connectivity index (χ1v) is 9.80. The second kappa shape index (κ2) is 9.49. The number of nitrogens with one attached hydrogen (secondary N) is 1. The summed E-state index contributed by atoms with van der Waals surface area (Å²) in [4.78, 5) is 14.6. The lowest BCUT2D eigenvalue weighted by molar-refractivity contribution is -0.188. The van der Waals surface area contributed by atoms with Gasteiger partial charge in [0, 0.05) is 32.5 Å². The monoisotopic (exact) mass is 362 g/mol. The Kier molecular flexibility index (Phi) is 7.62. The number of hydrogen-bond acceptors (Lipinski definition) is 4. The maximum atomic E-state index is 12.4. The predicted molar refractivity (Wildman–Crippen MR) is 104 cm³/mol. The average molecular weight is 363 g/mol. The standard InChI is InChI=1S/C21H34N2O3/c1-16(2)15-18-5-7-19(8-6-18)17(3)20(24)22-11-4-12-23-13-9-21(25,26)10-14-23/h5-8,16-17,25-26H,4,9-15H2,1-3H3,(H,22,24)/t17-/m1/s1. The van der Waals surface area contributed by atoms with E-state index in [1.807, 2.05) is 6.92 Å². The van der Waals surface area contributed by atoms with E-state index in [0.29, 0.717) is 38.4 Å². The molecular weight excluding hydrogens is 328 g/mol. The van der Waals surface area contributed by atoms with Gasteiger partial charge in [-0.3, -0.25) is 4.79 Å². The number of aliphatic hydroxyl groups is 2. The van der Waals surface area contributed by atoms with Gasteiger partial charge in [-0.2, -0.15) is 0 Å². The topological polar surface area (TPSA) is 72.8 Å². The summed E-state index contributed by atoms with van der Waals surface area (Å²) in [7, 11) is 0. The van der Waals surface area contributed by atoms with Crippen LogP contribution in [-0.4, -0.2) is 53.0 Å². The number of amides is 1. The van der Waals surface area contributed by atoms with E-state index >= 15 is 0 Å². The van der Waals surface area contributed by atoms with Crippen LogP contribution in [0.2, 0.25) is 0 Å². The molecule has 1 aliphatic heterocycles. The van der Waals surface area contributed by atoms with Gasteiger partial charge in [-0.15, -0.1) is 0 Å². The number of benzene rings is 1. The summed E-state index contributed by atoms with van der Waals surface area (Å²) in [6.07, 6.45) is 2.72. The summed E-state index contributed by atoms with van der Waals surface area (Å²) < 4.78 is 0. The Morgan fingerprint density at radius 1 is 1.15 bits per heavy atom. The Bertz CT molecular complexity index is 559. The lowest BCUT2D eigenvalue weighted by Crippen LogP contribution is -2.44. The molecule has 0 unspecified atom stereocenters. The minimum atomic E-state index is -1.50. The van der Waals surface area contributed by atoms with E-state index < -0.39 is 5.79 Å². The average Bonchev–Trinajstić information content (AvgIpc) is 2.59. The molecule has 1 atom stereocenters. The van der Waals surface area contributed by atoms with Gasteiger partial charge < -0.3 is 20.4 Å². The van der Waals surface area contributed by atoms with Gasteiger partial charge in [0.05, 0.1) is 5.92 Å². The molecule has 0 aliphatic carbocycles. The molecular formula is C21H34N2O3. The van der Waals surface area contributed by atoms with E-state index in [1.165, 1.54) is 5.56 Å². The molecule has 1 aromatic rings. The van der Waals surface area contributed by atoms with Crippen LogP contribution in [-0.2, 0) is 11.2 Å². The van der Waals surface area contributed by atoms with Crippen molar-refractivity contribution in [2.75, 3.05) is 26.2 Å². The van der Waals surface area contributed by atoms with Crippen molar-refractivity contribution < 1.29 is 15.0 Å². The van der Waals surface area contributed by atoms with Gasteiger partial charge in [0.1, 0.15) is 0 Å². The van der Waals surface area contributed by atoms with E-state index in [-0.39, 0.29) is 11.8 Å². The summed E-state index contributed by atoms with van der Waals surface area (Å²) in [6, 6.07) is 8.37. The Balaban J connectivity index is 1.69. The molecule has 3 N–H and O–H groups in total. The first kappa shape index (κ1) is 20.9. The van der Waals surface area contributed by atoms with Gasteiger partial charge in [-0.25, -0.2) is 0 Å². The third-order valence-electron chi connectivity index (χ3n) is 5.12. The molecule has 0 saturated carbocycles. The minimum absolute atomic E-state index is 0.0602. The first-order chi connectivity index (χ1) is 12.3. The third-order valence-corrected chi connectivity index (χ3v) is 5.12. The molecule has 146 valence electrons. The highest BCUT2D eigenvalue weighted by atomic mass is 16.5. The Morgan fingerprint density at radius 3 is 2.35 bits per heavy atom. The Hall–Kier alpha value is -1.43. The second-order valence-electron chi connectivity index (χ2n) is 8.03. The van der Waals surface area contributed by atoms with Crippen LogP contribution in [0.5, 0.6) is 0 Å². The van der Waals surface area contributed by atoms with Gasteiger partial charge in [0.2, 0.25) is 5.91 Å². The second-order valence-corrected chi connectivity index (χ2v) is 8.03. The lowest BCUT2D eigenvalue weighted by Gasteiger charge is -2.34. The zero-order valence-electron chi connectivity index (χ0n) is 16.4. The molecule has 0 aromatic heterocycles. The van der Waals surface area contributed by atoms with Crippen molar-refractivity contribution in [3.05, 3.63) is 35.4 Å². The molecule has 1 fully saturated rings. The van der Waals surface area contributed by atoms with Gasteiger partial charge >= 0.3 is 0 Å². The fourth-order valence-electron chi connectivity index (χ4n) is 3.37. The third kappa shape index (κ3) is 6.71. The maximum Gasteiger partial charge on any atom is 0.227 e. The van der Waals surface area contributed by atoms with Crippen molar-refractivity contribution >= 4 is 5.91 Å². The Morgan fingerprint density at radius 2 is 1.77 bits per heavy atom. The van der Waals surface area contributed by atoms with Crippen molar-refractivity contribution in [3.8, 4) is 0 Å². The number of carbonyl (C=O) groups is 1. The number of hydrogen-bond donors (Lipinski definition) is 3. The zero-order valence-corrected chi connectivity index (χ0v) is 16.4. The number of likely N-dealkylation sites (tertiary alicyclic amines) is 1. The lowest BCUT2D eigenvalue weighted by atomic mass is 9.96. The number of nitrogens with zero attached hydrogens (tertiary/aromatic N) is 1. The number of rotatable bonds is 8. The van der Waals surface area contributed by atoms with Crippen molar-refractivity contribution in [1.29, 1.82) is 0 Å². The summed E-state index contributed by atoms with van der Waals surface area (Å²) >= 11 is 0. The van der Waals surface area contributed by atoms with E-state index in [1.54, 1.807) is 0 Å². The van der Waals surface area contributed by atoms with Crippen LogP contribution >= 0.6 is 0 Å². The van der Waals surface area contributed by atoms with E-state index in [4.69, 9.17) is 0 Å². The van der Waals surface area contributed by atoms with E-state index in [9.17, 15) is 15.0 Å².